The molecule has 7 heteroatoms. The molecule has 0 unspecified atom stereocenters. The van der Waals surface area contributed by atoms with Crippen molar-refractivity contribution in [1.29, 1.82) is 0 Å². The molecule has 2 heterocycles. The quantitative estimate of drug-likeness (QED) is 0.320. The van der Waals surface area contributed by atoms with Crippen molar-refractivity contribution in [3.8, 4) is 0 Å². The molecule has 4 rings (SSSR count). The number of nitrogens with zero attached hydrogens (tertiary/aromatic N) is 1. The number of piperidine rings is 2. The van der Waals surface area contributed by atoms with Crippen LogP contribution in [-0.2, 0) is 29.9 Å². The van der Waals surface area contributed by atoms with Crippen molar-refractivity contribution >= 4 is 33.6 Å². The normalized spacial score (nSPS) is 15.9. The summed E-state index contributed by atoms with van der Waals surface area (Å²) < 4.78 is 11.2. The number of carbonyl (C=O) groups is 2. The minimum atomic E-state index is -0.0276. The summed E-state index contributed by atoms with van der Waals surface area (Å²) in [5.74, 6) is 0.181. The van der Waals surface area contributed by atoms with Crippen LogP contribution in [0.4, 0.5) is 5.69 Å². The highest BCUT2D eigenvalue weighted by Crippen LogP contribution is 2.28. The van der Waals surface area contributed by atoms with E-state index in [4.69, 9.17) is 9.47 Å². The molecule has 0 spiro atoms. The maximum absolute atomic E-state index is 11.8. The molecule has 2 aliphatic rings. The molecule has 2 aromatic carbocycles. The van der Waals surface area contributed by atoms with E-state index in [1.165, 1.54) is 16.8 Å². The fourth-order valence-electron chi connectivity index (χ4n) is 5.07. The van der Waals surface area contributed by atoms with E-state index in [1.807, 2.05) is 13.8 Å². The Morgan fingerprint density at radius 2 is 1.11 bits per heavy atom. The van der Waals surface area contributed by atoms with Gasteiger partial charge in [-0.25, -0.2) is 0 Å². The molecule has 0 atom stereocenters. The fraction of sp³-hybridized carbons (Fsp3) is 0.622. The number of ether oxygens (including phenoxy) is 2. The second kappa shape index (κ2) is 19.2. The number of anilines is 1. The lowest BCUT2D eigenvalue weighted by atomic mass is 9.87. The van der Waals surface area contributed by atoms with Crippen molar-refractivity contribution in [2.45, 2.75) is 99.3 Å². The zero-order valence-corrected chi connectivity index (χ0v) is 29.4. The second-order valence-electron chi connectivity index (χ2n) is 13.3. The van der Waals surface area contributed by atoms with Gasteiger partial charge < -0.3 is 19.7 Å². The van der Waals surface area contributed by atoms with Crippen molar-refractivity contribution in [3.05, 3.63) is 64.1 Å². The molecule has 0 aromatic heterocycles. The van der Waals surface area contributed by atoms with E-state index in [1.54, 1.807) is 0 Å². The van der Waals surface area contributed by atoms with E-state index in [0.717, 1.165) is 56.3 Å². The lowest BCUT2D eigenvalue weighted by Crippen LogP contribution is -2.37. The third kappa shape index (κ3) is 13.7. The smallest absolute Gasteiger partial charge is 0.309 e. The Kier molecular flexibility index (Phi) is 17.3. The topological polar surface area (TPSA) is 67.9 Å². The van der Waals surface area contributed by atoms with Crippen LogP contribution in [0, 0.1) is 11.8 Å². The number of esters is 2. The highest BCUT2D eigenvalue weighted by molar-refractivity contribution is 9.10. The number of rotatable bonds is 5. The van der Waals surface area contributed by atoms with Gasteiger partial charge in [0, 0.05) is 23.2 Å². The van der Waals surface area contributed by atoms with E-state index in [9.17, 15) is 9.59 Å². The largest absolute Gasteiger partial charge is 0.466 e. The molecule has 2 aromatic rings. The van der Waals surface area contributed by atoms with Crippen molar-refractivity contribution in [2.75, 3.05) is 44.3 Å². The van der Waals surface area contributed by atoms with Crippen molar-refractivity contribution in [2.24, 2.45) is 11.8 Å². The minimum absolute atomic E-state index is 0. The maximum Gasteiger partial charge on any atom is 0.309 e. The molecule has 0 bridgehead atoms. The summed E-state index contributed by atoms with van der Waals surface area (Å²) in [7, 11) is 0. The first-order valence-corrected chi connectivity index (χ1v) is 16.7. The highest BCUT2D eigenvalue weighted by Gasteiger charge is 2.26. The summed E-state index contributed by atoms with van der Waals surface area (Å²) in [6.07, 6.45) is 3.64. The van der Waals surface area contributed by atoms with Crippen LogP contribution < -0.4 is 10.2 Å². The van der Waals surface area contributed by atoms with Gasteiger partial charge in [-0.05, 0) is 98.8 Å². The van der Waals surface area contributed by atoms with Crippen molar-refractivity contribution in [3.63, 3.8) is 0 Å². The van der Waals surface area contributed by atoms with Crippen LogP contribution in [0.1, 0.15) is 99.6 Å². The molecule has 248 valence electrons. The molecule has 44 heavy (non-hydrogen) atoms. The van der Waals surface area contributed by atoms with E-state index >= 15 is 0 Å². The van der Waals surface area contributed by atoms with Gasteiger partial charge in [0.15, 0.2) is 0 Å². The lowest BCUT2D eigenvalue weighted by Gasteiger charge is -2.33. The van der Waals surface area contributed by atoms with Crippen LogP contribution in [0.2, 0.25) is 0 Å². The summed E-state index contributed by atoms with van der Waals surface area (Å²) in [6.45, 7) is 21.8. The zero-order chi connectivity index (χ0) is 32.0. The summed E-state index contributed by atoms with van der Waals surface area (Å²) >= 11 is 3.41. The Balaban J connectivity index is 0.000000357. The lowest BCUT2D eigenvalue weighted by molar-refractivity contribution is -0.149. The Morgan fingerprint density at radius 1 is 0.727 bits per heavy atom. The Bertz CT molecular complexity index is 1090. The molecule has 2 fully saturated rings. The molecule has 0 aliphatic carbocycles. The number of nitrogens with one attached hydrogen (secondary N) is 1. The van der Waals surface area contributed by atoms with Gasteiger partial charge in [0.05, 0.1) is 25.0 Å². The SMILES string of the molecule is C.CC(C)(C)c1ccc(Br)cc1.CCOC(=O)C1CCN(c2ccc(C(C)(C)C)cc2)CC1.CCOC(=O)C1CCNCC1. The predicted molar refractivity (Wildman–Crippen MR) is 189 cm³/mol. The molecule has 2 saturated heterocycles. The van der Waals surface area contributed by atoms with Gasteiger partial charge in [-0.2, -0.15) is 0 Å². The van der Waals surface area contributed by atoms with Crippen LogP contribution in [-0.4, -0.2) is 51.3 Å². The number of hydrogen-bond donors (Lipinski definition) is 1. The van der Waals surface area contributed by atoms with Gasteiger partial charge in [0.25, 0.3) is 0 Å². The Labute approximate surface area is 276 Å². The average Bonchev–Trinajstić information content (AvgIpc) is 2.98. The maximum atomic E-state index is 11.8. The first-order valence-electron chi connectivity index (χ1n) is 15.9. The number of halogens is 1. The van der Waals surface area contributed by atoms with E-state index in [2.05, 4.69) is 116 Å². The fourth-order valence-corrected chi connectivity index (χ4v) is 5.34. The molecule has 1 N–H and O–H groups in total. The molecular formula is C37H59BrN2O4. The van der Waals surface area contributed by atoms with Crippen molar-refractivity contribution in [1.82, 2.24) is 5.32 Å². The standard InChI is InChI=1S/C18H27NO2.C10H13Br.C8H15NO2.CH4/c1-5-21-17(20)14-10-12-19(13-11-14)16-8-6-15(7-9-16)18(2,3)4;1-10(2,3)8-4-6-9(11)7-5-8;1-2-11-8(10)7-3-5-9-6-4-7;/h6-9,14H,5,10-13H2,1-4H3;4-7H,1-3H3;7,9H,2-6H2,1H3;1H4. The van der Waals surface area contributed by atoms with Crippen molar-refractivity contribution < 1.29 is 19.1 Å². The molecular weight excluding hydrogens is 616 g/mol. The molecule has 0 radical (unpaired) electrons. The van der Waals surface area contributed by atoms with Gasteiger partial charge in [-0.1, -0.05) is 89.2 Å². The predicted octanol–water partition coefficient (Wildman–Crippen LogP) is 8.70. The Morgan fingerprint density at radius 3 is 1.50 bits per heavy atom. The summed E-state index contributed by atoms with van der Waals surface area (Å²) in [5.41, 5.74) is 4.44. The first kappa shape index (κ1) is 39.6. The van der Waals surface area contributed by atoms with E-state index < -0.39 is 0 Å². The molecule has 0 amide bonds. The summed E-state index contributed by atoms with van der Waals surface area (Å²) in [5, 5.41) is 3.20. The van der Waals surface area contributed by atoms with Crippen LogP contribution in [0.15, 0.2) is 53.0 Å². The van der Waals surface area contributed by atoms with Gasteiger partial charge in [0.1, 0.15) is 0 Å². The van der Waals surface area contributed by atoms with Crippen LogP contribution in [0.25, 0.3) is 0 Å². The number of carbonyl (C=O) groups excluding carboxylic acids is 2. The average molecular weight is 676 g/mol. The third-order valence-electron chi connectivity index (χ3n) is 7.88. The zero-order valence-electron chi connectivity index (χ0n) is 27.8. The van der Waals surface area contributed by atoms with Crippen LogP contribution in [0.5, 0.6) is 0 Å². The molecule has 0 saturated carbocycles. The van der Waals surface area contributed by atoms with Crippen LogP contribution in [0.3, 0.4) is 0 Å². The van der Waals surface area contributed by atoms with Gasteiger partial charge in [-0.15, -0.1) is 0 Å². The van der Waals surface area contributed by atoms with Gasteiger partial charge in [0.2, 0.25) is 0 Å². The monoisotopic (exact) mass is 674 g/mol. The molecule has 6 nitrogen and oxygen atoms in total. The number of benzene rings is 2. The number of hydrogen-bond acceptors (Lipinski definition) is 6. The van der Waals surface area contributed by atoms with E-state index in [-0.39, 0.29) is 42.0 Å². The highest BCUT2D eigenvalue weighted by atomic mass is 79.9. The van der Waals surface area contributed by atoms with E-state index in [0.29, 0.717) is 13.2 Å². The first-order chi connectivity index (χ1) is 20.3. The van der Waals surface area contributed by atoms with Crippen LogP contribution >= 0.6 is 15.9 Å². The summed E-state index contributed by atoms with van der Waals surface area (Å²) in [4.78, 5) is 25.3. The molecule has 2 aliphatic heterocycles. The third-order valence-corrected chi connectivity index (χ3v) is 8.41. The van der Waals surface area contributed by atoms with Gasteiger partial charge in [-0.3, -0.25) is 9.59 Å². The Hall–Kier alpha value is -2.38. The van der Waals surface area contributed by atoms with Gasteiger partial charge >= 0.3 is 11.9 Å². The second-order valence-corrected chi connectivity index (χ2v) is 14.3. The summed E-state index contributed by atoms with van der Waals surface area (Å²) in [6, 6.07) is 17.3. The minimum Gasteiger partial charge on any atom is -0.466 e.